The third kappa shape index (κ3) is 6.25. The van der Waals surface area contributed by atoms with E-state index in [1.54, 1.807) is 0 Å². The Hall–Kier alpha value is -3.58. The molecule has 2 amide bonds. The van der Waals surface area contributed by atoms with Gasteiger partial charge in [0.1, 0.15) is 16.3 Å². The zero-order chi connectivity index (χ0) is 28.9. The number of rotatable bonds is 7. The zero-order valence-corrected chi connectivity index (χ0v) is 24.6. The topological polar surface area (TPSA) is 220 Å². The average molecular weight is 601 g/mol. The summed E-state index contributed by atoms with van der Waals surface area (Å²) in [5.41, 5.74) is 0.0238. The van der Waals surface area contributed by atoms with Crippen LogP contribution >= 0.6 is 0 Å². The molecule has 15 nitrogen and oxygen atoms in total. The number of anilines is 2. The number of fused-ring (bicyclic) bond motifs is 1. The number of aryl methyl sites for hydroxylation is 2. The summed E-state index contributed by atoms with van der Waals surface area (Å²) in [6.07, 6.45) is 2.59. The maximum atomic E-state index is 13.1. The number of hydrogen-bond donors (Lipinski definition) is 4. The SMILES string of the molecule is Cn1cc([N+](=O)[O-])cc1C(=O)Nc1cc(C(=O)Nc2ccc(S(=O)(=O)O)c3cc(S(=O)(=O)O)ccc23)n(C)c1.[Na+]. The van der Waals surface area contributed by atoms with Crippen molar-refractivity contribution in [3.8, 4) is 0 Å². The molecule has 2 aromatic heterocycles. The van der Waals surface area contributed by atoms with E-state index >= 15 is 0 Å². The summed E-state index contributed by atoms with van der Waals surface area (Å²) >= 11 is 0. The Balaban J connectivity index is 0.00000441. The predicted octanol–water partition coefficient (Wildman–Crippen LogP) is -0.573. The van der Waals surface area contributed by atoms with Crippen molar-refractivity contribution in [2.24, 2.45) is 14.1 Å². The van der Waals surface area contributed by atoms with Crippen LogP contribution in [0.4, 0.5) is 17.1 Å². The van der Waals surface area contributed by atoms with E-state index in [0.29, 0.717) is 0 Å². The quantitative estimate of drug-likeness (QED) is 0.0915. The molecule has 40 heavy (non-hydrogen) atoms. The Labute approximate surface area is 248 Å². The van der Waals surface area contributed by atoms with Gasteiger partial charge in [-0.2, -0.15) is 16.8 Å². The van der Waals surface area contributed by atoms with Crippen LogP contribution in [0.25, 0.3) is 10.8 Å². The number of carbonyl (C=O) groups is 2. The van der Waals surface area contributed by atoms with E-state index in [-0.39, 0.29) is 68.8 Å². The molecule has 0 aliphatic carbocycles. The summed E-state index contributed by atoms with van der Waals surface area (Å²) in [4.78, 5) is 34.7. The Kier molecular flexibility index (Phi) is 8.61. The van der Waals surface area contributed by atoms with E-state index in [0.717, 1.165) is 30.3 Å². The van der Waals surface area contributed by atoms with Crippen molar-refractivity contribution >= 4 is 59.9 Å². The van der Waals surface area contributed by atoms with Crippen molar-refractivity contribution in [3.05, 3.63) is 76.4 Å². The van der Waals surface area contributed by atoms with Gasteiger partial charge in [0.15, 0.2) is 0 Å². The molecular weight excluding hydrogens is 581 g/mol. The molecule has 204 valence electrons. The first kappa shape index (κ1) is 31.0. The molecule has 0 aliphatic heterocycles. The standard InChI is InChI=1S/C22H19N5O10S2.Na/c1-25-10-12(23-21(28)19-8-13(27(30)31)11-26(19)2)7-18(25)22(29)24-17-5-6-20(39(35,36)37)16-9-14(38(32,33)34)3-4-15(16)17;/h3-11H,1-2H3,(H,23,28)(H,24,29)(H,32,33,34)(H,35,36,37);/q;+1. The van der Waals surface area contributed by atoms with Crippen LogP contribution in [0, 0.1) is 10.1 Å². The van der Waals surface area contributed by atoms with Crippen molar-refractivity contribution in [2.45, 2.75) is 9.79 Å². The number of amides is 2. The van der Waals surface area contributed by atoms with Crippen LogP contribution in [-0.2, 0) is 34.3 Å². The van der Waals surface area contributed by atoms with E-state index in [9.17, 15) is 45.6 Å². The first-order chi connectivity index (χ1) is 18.1. The molecule has 0 aliphatic rings. The molecule has 2 heterocycles. The summed E-state index contributed by atoms with van der Waals surface area (Å²) in [5.74, 6) is -1.36. The van der Waals surface area contributed by atoms with Crippen molar-refractivity contribution in [1.82, 2.24) is 9.13 Å². The molecule has 0 bridgehead atoms. The number of nitrogens with one attached hydrogen (secondary N) is 2. The Bertz CT molecular complexity index is 1910. The largest absolute Gasteiger partial charge is 1.00 e. The average Bonchev–Trinajstić information content (AvgIpc) is 3.39. The van der Waals surface area contributed by atoms with Gasteiger partial charge in [-0.3, -0.25) is 28.8 Å². The molecule has 0 spiro atoms. The van der Waals surface area contributed by atoms with Crippen molar-refractivity contribution in [1.29, 1.82) is 0 Å². The minimum Gasteiger partial charge on any atom is -0.344 e. The molecule has 0 saturated carbocycles. The molecular formula is C22H19N5NaO10S2+. The van der Waals surface area contributed by atoms with Gasteiger partial charge in [0.25, 0.3) is 37.7 Å². The van der Waals surface area contributed by atoms with Crippen LogP contribution in [0.15, 0.2) is 64.6 Å². The van der Waals surface area contributed by atoms with Gasteiger partial charge in [-0.25, -0.2) is 0 Å². The maximum absolute atomic E-state index is 13.1. The number of aromatic nitrogens is 2. The van der Waals surface area contributed by atoms with Crippen LogP contribution < -0.4 is 40.2 Å². The maximum Gasteiger partial charge on any atom is 1.00 e. The molecule has 4 rings (SSSR count). The first-order valence-electron chi connectivity index (χ1n) is 10.7. The minimum atomic E-state index is -4.81. The molecule has 0 radical (unpaired) electrons. The molecule has 4 N–H and O–H groups in total. The van der Waals surface area contributed by atoms with Crippen molar-refractivity contribution in [2.75, 3.05) is 10.6 Å². The summed E-state index contributed by atoms with van der Waals surface area (Å²) in [6, 6.07) is 7.55. The molecule has 0 fully saturated rings. The molecule has 0 saturated heterocycles. The normalized spacial score (nSPS) is 11.6. The molecule has 4 aromatic rings. The van der Waals surface area contributed by atoms with E-state index in [4.69, 9.17) is 0 Å². The number of nitrogens with zero attached hydrogens (tertiary/aromatic N) is 3. The Morgan fingerprint density at radius 1 is 0.825 bits per heavy atom. The second-order valence-corrected chi connectivity index (χ2v) is 11.2. The van der Waals surface area contributed by atoms with Gasteiger partial charge in [-0.05, 0) is 30.3 Å². The monoisotopic (exact) mass is 600 g/mol. The van der Waals surface area contributed by atoms with Crippen LogP contribution in [0.2, 0.25) is 0 Å². The molecule has 0 atom stereocenters. The van der Waals surface area contributed by atoms with Crippen molar-refractivity contribution in [3.63, 3.8) is 0 Å². The molecule has 18 heteroatoms. The van der Waals surface area contributed by atoms with Gasteiger partial charge in [0.2, 0.25) is 0 Å². The second-order valence-electron chi connectivity index (χ2n) is 8.35. The summed E-state index contributed by atoms with van der Waals surface area (Å²) in [5, 5.41) is 15.8. The Morgan fingerprint density at radius 2 is 1.43 bits per heavy atom. The van der Waals surface area contributed by atoms with Gasteiger partial charge >= 0.3 is 29.6 Å². The minimum absolute atomic E-state index is 0. The third-order valence-corrected chi connectivity index (χ3v) is 7.46. The number of hydrogen-bond acceptors (Lipinski definition) is 8. The number of carbonyl (C=O) groups excluding carboxylic acids is 2. The van der Waals surface area contributed by atoms with Gasteiger partial charge in [0, 0.05) is 42.8 Å². The van der Waals surface area contributed by atoms with E-state index in [2.05, 4.69) is 10.6 Å². The first-order valence-corrected chi connectivity index (χ1v) is 13.6. The van der Waals surface area contributed by atoms with Gasteiger partial charge < -0.3 is 19.8 Å². The fourth-order valence-electron chi connectivity index (χ4n) is 3.91. The van der Waals surface area contributed by atoms with E-state index in [1.165, 1.54) is 47.8 Å². The molecule has 0 unspecified atom stereocenters. The Morgan fingerprint density at radius 3 is 2.00 bits per heavy atom. The third-order valence-electron chi connectivity index (χ3n) is 5.70. The van der Waals surface area contributed by atoms with Gasteiger partial charge in [-0.15, -0.1) is 0 Å². The smallest absolute Gasteiger partial charge is 0.344 e. The second kappa shape index (κ2) is 11.1. The van der Waals surface area contributed by atoms with E-state index < -0.39 is 46.8 Å². The van der Waals surface area contributed by atoms with Crippen LogP contribution in [0.3, 0.4) is 0 Å². The fourth-order valence-corrected chi connectivity index (χ4v) is 5.10. The van der Waals surface area contributed by atoms with Crippen LogP contribution in [0.1, 0.15) is 21.0 Å². The summed E-state index contributed by atoms with van der Waals surface area (Å²) in [7, 11) is -6.55. The summed E-state index contributed by atoms with van der Waals surface area (Å²) < 4.78 is 68.4. The van der Waals surface area contributed by atoms with Crippen LogP contribution in [-0.4, -0.2) is 51.8 Å². The number of benzene rings is 2. The van der Waals surface area contributed by atoms with Crippen molar-refractivity contribution < 1.29 is 70.0 Å². The van der Waals surface area contributed by atoms with Gasteiger partial charge in [-0.1, -0.05) is 6.07 Å². The van der Waals surface area contributed by atoms with Gasteiger partial charge in [0.05, 0.1) is 21.7 Å². The zero-order valence-electron chi connectivity index (χ0n) is 21.0. The van der Waals surface area contributed by atoms with E-state index in [1.807, 2.05) is 0 Å². The summed E-state index contributed by atoms with van der Waals surface area (Å²) in [6.45, 7) is 0. The molecule has 2 aromatic carbocycles. The number of nitro groups is 1. The fraction of sp³-hybridized carbons (Fsp3) is 0.0909. The van der Waals surface area contributed by atoms with Crippen LogP contribution in [0.5, 0.6) is 0 Å². The predicted molar refractivity (Wildman–Crippen MR) is 137 cm³/mol.